The van der Waals surface area contributed by atoms with E-state index in [4.69, 9.17) is 4.74 Å². The summed E-state index contributed by atoms with van der Waals surface area (Å²) >= 11 is 0. The van der Waals surface area contributed by atoms with Gasteiger partial charge < -0.3 is 15.0 Å². The number of nitrogens with one attached hydrogen (secondary N) is 1. The fourth-order valence-corrected chi connectivity index (χ4v) is 2.81. The number of para-hydroxylation sites is 1. The first-order valence-corrected chi connectivity index (χ1v) is 7.74. The maximum Gasteiger partial charge on any atom is 0.257 e. The van der Waals surface area contributed by atoms with Crippen molar-refractivity contribution in [1.29, 1.82) is 0 Å². The number of hydrogen-bond donors (Lipinski definition) is 1. The van der Waals surface area contributed by atoms with Gasteiger partial charge in [0.05, 0.1) is 5.56 Å². The second-order valence-corrected chi connectivity index (χ2v) is 5.36. The van der Waals surface area contributed by atoms with Gasteiger partial charge in [-0.3, -0.25) is 4.79 Å². The van der Waals surface area contributed by atoms with Crippen molar-refractivity contribution < 1.29 is 9.53 Å². The minimum Gasteiger partial charge on any atom is -0.490 e. The summed E-state index contributed by atoms with van der Waals surface area (Å²) in [7, 11) is 0. The number of benzene rings is 2. The van der Waals surface area contributed by atoms with Crippen molar-refractivity contribution in [3.05, 3.63) is 72.3 Å². The van der Waals surface area contributed by atoms with Crippen LogP contribution < -0.4 is 10.1 Å². The molecule has 1 amide bonds. The van der Waals surface area contributed by atoms with Crippen LogP contribution in [0.5, 0.6) is 5.75 Å². The number of carbonyl (C=O) groups excluding carboxylic acids is 1. The van der Waals surface area contributed by atoms with Gasteiger partial charge in [-0.25, -0.2) is 0 Å². The highest BCUT2D eigenvalue weighted by Crippen LogP contribution is 2.33. The number of amides is 1. The molecule has 2 aromatic carbocycles. The van der Waals surface area contributed by atoms with Crippen LogP contribution in [0, 0.1) is 0 Å². The number of fused-ring (bicyclic) bond motifs is 1. The van der Waals surface area contributed by atoms with E-state index < -0.39 is 0 Å². The lowest BCUT2D eigenvalue weighted by Crippen LogP contribution is -2.42. The molecule has 23 heavy (non-hydrogen) atoms. The molecule has 0 fully saturated rings. The smallest absolute Gasteiger partial charge is 0.257 e. The zero-order valence-corrected chi connectivity index (χ0v) is 13.2. The van der Waals surface area contributed by atoms with Crippen molar-refractivity contribution in [3.63, 3.8) is 0 Å². The summed E-state index contributed by atoms with van der Waals surface area (Å²) in [5.74, 6) is 0.816. The van der Waals surface area contributed by atoms with E-state index >= 15 is 0 Å². The highest BCUT2D eigenvalue weighted by atomic mass is 16.5. The van der Waals surface area contributed by atoms with Crippen molar-refractivity contribution in [1.82, 2.24) is 4.90 Å². The van der Waals surface area contributed by atoms with Crippen LogP contribution in [-0.4, -0.2) is 24.0 Å². The highest BCUT2D eigenvalue weighted by molar-refractivity contribution is 6.01. The van der Waals surface area contributed by atoms with Gasteiger partial charge in [-0.1, -0.05) is 36.9 Å². The summed E-state index contributed by atoms with van der Waals surface area (Å²) in [6.07, 6.45) is 1.51. The molecule has 1 heterocycles. The van der Waals surface area contributed by atoms with Crippen LogP contribution in [0.1, 0.15) is 29.0 Å². The second-order valence-electron chi connectivity index (χ2n) is 5.36. The van der Waals surface area contributed by atoms with Gasteiger partial charge in [-0.15, -0.1) is 0 Å². The topological polar surface area (TPSA) is 41.6 Å². The molecule has 0 saturated heterocycles. The molecule has 0 aliphatic carbocycles. The van der Waals surface area contributed by atoms with Gasteiger partial charge in [-0.05, 0) is 36.8 Å². The maximum absolute atomic E-state index is 12.7. The molecule has 0 spiro atoms. The van der Waals surface area contributed by atoms with E-state index in [0.717, 1.165) is 17.0 Å². The summed E-state index contributed by atoms with van der Waals surface area (Å²) in [5, 5.41) is 3.46. The Hall–Kier alpha value is -2.75. The van der Waals surface area contributed by atoms with Crippen LogP contribution in [-0.2, 0) is 0 Å². The molecule has 3 rings (SSSR count). The Morgan fingerprint density at radius 2 is 2.09 bits per heavy atom. The van der Waals surface area contributed by atoms with Crippen molar-refractivity contribution in [2.75, 3.05) is 18.5 Å². The van der Waals surface area contributed by atoms with E-state index in [2.05, 4.69) is 11.9 Å². The van der Waals surface area contributed by atoms with Gasteiger partial charge in [-0.2, -0.15) is 0 Å². The minimum atomic E-state index is -0.199. The lowest BCUT2D eigenvalue weighted by molar-refractivity contribution is 0.0694. The van der Waals surface area contributed by atoms with E-state index in [0.29, 0.717) is 18.7 Å². The molecule has 1 unspecified atom stereocenters. The Morgan fingerprint density at radius 3 is 2.87 bits per heavy atom. The molecule has 1 N–H and O–H groups in total. The van der Waals surface area contributed by atoms with Gasteiger partial charge in [0.15, 0.2) is 0 Å². The first-order chi connectivity index (χ1) is 11.2. The Labute approximate surface area is 136 Å². The van der Waals surface area contributed by atoms with Crippen LogP contribution in [0.3, 0.4) is 0 Å². The van der Waals surface area contributed by atoms with Crippen molar-refractivity contribution in [2.45, 2.75) is 13.1 Å². The van der Waals surface area contributed by atoms with E-state index in [1.54, 1.807) is 6.08 Å². The first-order valence-electron chi connectivity index (χ1n) is 7.74. The van der Waals surface area contributed by atoms with Gasteiger partial charge in [0.2, 0.25) is 0 Å². The third-order valence-electron chi connectivity index (χ3n) is 3.90. The van der Waals surface area contributed by atoms with Gasteiger partial charge >= 0.3 is 0 Å². The lowest BCUT2D eigenvalue weighted by atomic mass is 10.0. The standard InChI is InChI=1S/C19H20N2O2/c1-3-12-23-15-9-7-8-14(13-15)18-20-17-11-6-5-10-16(17)19(22)21(18)4-2/h3,5-11,13,18,20H,1,4,12H2,2H3. The number of carbonyl (C=O) groups is 1. The number of nitrogens with zero attached hydrogens (tertiary/aromatic N) is 1. The van der Waals surface area contributed by atoms with Gasteiger partial charge in [0.25, 0.3) is 5.91 Å². The second kappa shape index (κ2) is 6.57. The fraction of sp³-hybridized carbons (Fsp3) is 0.211. The summed E-state index contributed by atoms with van der Waals surface area (Å²) in [6, 6.07) is 15.4. The van der Waals surface area contributed by atoms with Crippen molar-refractivity contribution in [2.24, 2.45) is 0 Å². The number of anilines is 1. The van der Waals surface area contributed by atoms with E-state index in [1.807, 2.05) is 60.4 Å². The Kier molecular flexibility index (Phi) is 4.33. The molecule has 1 aliphatic heterocycles. The van der Waals surface area contributed by atoms with Crippen molar-refractivity contribution in [3.8, 4) is 5.75 Å². The molecule has 1 atom stereocenters. The Balaban J connectivity index is 1.95. The Bertz CT molecular complexity index is 727. The van der Waals surface area contributed by atoms with Crippen LogP contribution in [0.4, 0.5) is 5.69 Å². The lowest BCUT2D eigenvalue weighted by Gasteiger charge is -2.37. The molecule has 2 aromatic rings. The third-order valence-corrected chi connectivity index (χ3v) is 3.90. The third kappa shape index (κ3) is 2.93. The first kappa shape index (κ1) is 15.2. The molecule has 0 aromatic heterocycles. The zero-order chi connectivity index (χ0) is 16.2. The van der Waals surface area contributed by atoms with Crippen LogP contribution in [0.25, 0.3) is 0 Å². The van der Waals surface area contributed by atoms with Gasteiger partial charge in [0, 0.05) is 12.2 Å². The molecule has 4 nitrogen and oxygen atoms in total. The summed E-state index contributed by atoms with van der Waals surface area (Å²) < 4.78 is 5.60. The molecule has 118 valence electrons. The summed E-state index contributed by atoms with van der Waals surface area (Å²) in [5.41, 5.74) is 2.57. The molecule has 0 saturated carbocycles. The molecular formula is C19H20N2O2. The fourth-order valence-electron chi connectivity index (χ4n) is 2.81. The number of hydrogen-bond acceptors (Lipinski definition) is 3. The van der Waals surface area contributed by atoms with Crippen molar-refractivity contribution >= 4 is 11.6 Å². The quantitative estimate of drug-likeness (QED) is 0.853. The summed E-state index contributed by atoms with van der Waals surface area (Å²) in [4.78, 5) is 14.6. The van der Waals surface area contributed by atoms with E-state index in [1.165, 1.54) is 0 Å². The van der Waals surface area contributed by atoms with E-state index in [9.17, 15) is 4.79 Å². The van der Waals surface area contributed by atoms with Crippen LogP contribution >= 0.6 is 0 Å². The zero-order valence-electron chi connectivity index (χ0n) is 13.2. The largest absolute Gasteiger partial charge is 0.490 e. The highest BCUT2D eigenvalue weighted by Gasteiger charge is 2.31. The predicted octanol–water partition coefficient (Wildman–Crippen LogP) is 3.84. The SMILES string of the molecule is C=CCOc1cccc(C2Nc3ccccc3C(=O)N2CC)c1. The van der Waals surface area contributed by atoms with Crippen LogP contribution in [0.2, 0.25) is 0 Å². The maximum atomic E-state index is 12.7. The minimum absolute atomic E-state index is 0.0456. The molecule has 0 bridgehead atoms. The monoisotopic (exact) mass is 308 g/mol. The summed E-state index contributed by atoms with van der Waals surface area (Å²) in [6.45, 7) is 6.73. The molecule has 4 heteroatoms. The Morgan fingerprint density at radius 1 is 1.26 bits per heavy atom. The van der Waals surface area contributed by atoms with Crippen LogP contribution in [0.15, 0.2) is 61.2 Å². The number of ether oxygens (including phenoxy) is 1. The normalized spacial score (nSPS) is 16.5. The molecular weight excluding hydrogens is 288 g/mol. The average Bonchev–Trinajstić information content (AvgIpc) is 2.60. The molecule has 1 aliphatic rings. The van der Waals surface area contributed by atoms with E-state index in [-0.39, 0.29) is 12.1 Å². The molecule has 0 radical (unpaired) electrons. The average molecular weight is 308 g/mol. The number of rotatable bonds is 5. The predicted molar refractivity (Wildman–Crippen MR) is 91.7 cm³/mol. The van der Waals surface area contributed by atoms with Gasteiger partial charge in [0.1, 0.15) is 18.5 Å².